The minimum absolute atomic E-state index is 0.649. The first-order chi connectivity index (χ1) is 4.86. The molecule has 56 valence electrons. The van der Waals surface area contributed by atoms with Crippen molar-refractivity contribution < 1.29 is 0 Å². The van der Waals surface area contributed by atoms with Crippen LogP contribution in [0.25, 0.3) is 0 Å². The number of imidazole rings is 1. The zero-order valence-corrected chi connectivity index (χ0v) is 7.30. The molecule has 2 nitrogen and oxygen atoms in total. The van der Waals surface area contributed by atoms with Crippen LogP contribution < -0.4 is 0 Å². The molecule has 0 bridgehead atoms. The van der Waals surface area contributed by atoms with Crippen molar-refractivity contribution in [2.75, 3.05) is 12.1 Å². The van der Waals surface area contributed by atoms with Gasteiger partial charge in [-0.15, -0.1) is 11.6 Å². The normalized spacial score (nSPS) is 10.2. The highest BCUT2D eigenvalue weighted by Crippen LogP contribution is 2.09. The second-order valence-corrected chi connectivity index (χ2v) is 3.03. The van der Waals surface area contributed by atoms with Crippen LogP contribution in [-0.4, -0.2) is 22.1 Å². The largest absolute Gasteiger partial charge is 0.337 e. The van der Waals surface area contributed by atoms with Gasteiger partial charge in [0.05, 0.1) is 0 Å². The molecule has 1 rings (SSSR count). The number of alkyl halides is 1. The summed E-state index contributed by atoms with van der Waals surface area (Å²) >= 11 is 7.14. The Kier molecular flexibility index (Phi) is 3.09. The Balaban J connectivity index is 2.59. The van der Waals surface area contributed by atoms with Crippen LogP contribution >= 0.6 is 23.4 Å². The first-order valence-corrected chi connectivity index (χ1v) is 4.76. The molecule has 0 radical (unpaired) electrons. The molecule has 0 aliphatic carbocycles. The van der Waals surface area contributed by atoms with E-state index in [1.807, 2.05) is 12.5 Å². The number of nitrogens with zero attached hydrogens (tertiary/aromatic N) is 1. The second kappa shape index (κ2) is 3.88. The first kappa shape index (κ1) is 7.95. The number of H-pyrrole nitrogens is 1. The molecule has 0 fully saturated rings. The molecular weight excluding hydrogens is 168 g/mol. The molecule has 1 aromatic heterocycles. The number of thioether (sulfide) groups is 1. The van der Waals surface area contributed by atoms with E-state index in [1.54, 1.807) is 11.8 Å². The Labute approximate surface area is 69.4 Å². The number of aryl methyl sites for hydroxylation is 1. The third kappa shape index (κ3) is 1.92. The fraction of sp³-hybridized carbons (Fsp3) is 0.500. The average molecular weight is 177 g/mol. The SMILES string of the molecule is CSc1ncc(CCCl)[nH]1. The highest BCUT2D eigenvalue weighted by Gasteiger charge is 1.96. The second-order valence-electron chi connectivity index (χ2n) is 1.86. The van der Waals surface area contributed by atoms with Gasteiger partial charge in [-0.2, -0.15) is 0 Å². The fourth-order valence-electron chi connectivity index (χ4n) is 0.671. The summed E-state index contributed by atoms with van der Waals surface area (Å²) in [4.78, 5) is 7.23. The van der Waals surface area contributed by atoms with Crippen molar-refractivity contribution in [1.29, 1.82) is 0 Å². The molecule has 10 heavy (non-hydrogen) atoms. The topological polar surface area (TPSA) is 28.7 Å². The van der Waals surface area contributed by atoms with Gasteiger partial charge in [0.25, 0.3) is 0 Å². The van der Waals surface area contributed by atoms with Crippen LogP contribution in [0.4, 0.5) is 0 Å². The molecule has 1 heterocycles. The molecule has 0 unspecified atom stereocenters. The summed E-state index contributed by atoms with van der Waals surface area (Å²) in [5.41, 5.74) is 1.11. The van der Waals surface area contributed by atoms with Crippen LogP contribution in [0.2, 0.25) is 0 Å². The molecule has 0 saturated heterocycles. The average Bonchev–Trinajstić information content (AvgIpc) is 2.37. The van der Waals surface area contributed by atoms with Crippen molar-refractivity contribution in [3.63, 3.8) is 0 Å². The monoisotopic (exact) mass is 176 g/mol. The highest BCUT2D eigenvalue weighted by molar-refractivity contribution is 7.98. The van der Waals surface area contributed by atoms with Gasteiger partial charge in [0.15, 0.2) is 5.16 Å². The van der Waals surface area contributed by atoms with E-state index in [0.717, 1.165) is 17.3 Å². The van der Waals surface area contributed by atoms with Gasteiger partial charge in [0, 0.05) is 24.2 Å². The molecule has 0 atom stereocenters. The number of hydrogen-bond donors (Lipinski definition) is 1. The van der Waals surface area contributed by atoms with Crippen LogP contribution in [0.5, 0.6) is 0 Å². The Morgan fingerprint density at radius 2 is 2.60 bits per heavy atom. The maximum atomic E-state index is 5.53. The van der Waals surface area contributed by atoms with Gasteiger partial charge < -0.3 is 4.98 Å². The molecule has 0 aliphatic rings. The van der Waals surface area contributed by atoms with Gasteiger partial charge in [0.2, 0.25) is 0 Å². The van der Waals surface area contributed by atoms with Crippen molar-refractivity contribution in [1.82, 2.24) is 9.97 Å². The molecule has 1 N–H and O–H groups in total. The molecule has 0 spiro atoms. The third-order valence-electron chi connectivity index (χ3n) is 1.16. The summed E-state index contributed by atoms with van der Waals surface area (Å²) in [5, 5.41) is 0.958. The van der Waals surface area contributed by atoms with Crippen molar-refractivity contribution in [3.05, 3.63) is 11.9 Å². The summed E-state index contributed by atoms with van der Waals surface area (Å²) in [7, 11) is 0. The number of aromatic amines is 1. The molecule has 0 aliphatic heterocycles. The van der Waals surface area contributed by atoms with Crippen molar-refractivity contribution in [2.24, 2.45) is 0 Å². The number of halogens is 1. The number of rotatable bonds is 3. The quantitative estimate of drug-likeness (QED) is 0.563. The lowest BCUT2D eigenvalue weighted by Gasteiger charge is -1.88. The van der Waals surface area contributed by atoms with E-state index in [-0.39, 0.29) is 0 Å². The summed E-state index contributed by atoms with van der Waals surface area (Å²) in [6.45, 7) is 0. The van der Waals surface area contributed by atoms with E-state index in [2.05, 4.69) is 9.97 Å². The van der Waals surface area contributed by atoms with E-state index < -0.39 is 0 Å². The van der Waals surface area contributed by atoms with E-state index in [9.17, 15) is 0 Å². The highest BCUT2D eigenvalue weighted by atomic mass is 35.5. The third-order valence-corrected chi connectivity index (χ3v) is 1.95. The molecule has 1 aromatic rings. The van der Waals surface area contributed by atoms with Crippen LogP contribution in [0.15, 0.2) is 11.4 Å². The predicted molar refractivity (Wildman–Crippen MR) is 44.8 cm³/mol. The lowest BCUT2D eigenvalue weighted by molar-refractivity contribution is 1.000. The van der Waals surface area contributed by atoms with Gasteiger partial charge in [0.1, 0.15) is 0 Å². The number of aromatic nitrogens is 2. The Hall–Kier alpha value is -0.150. The lowest BCUT2D eigenvalue weighted by atomic mass is 10.4. The zero-order valence-electron chi connectivity index (χ0n) is 5.72. The molecule has 0 amide bonds. The van der Waals surface area contributed by atoms with Crippen molar-refractivity contribution in [2.45, 2.75) is 11.6 Å². The van der Waals surface area contributed by atoms with Gasteiger partial charge in [-0.05, 0) is 6.26 Å². The van der Waals surface area contributed by atoms with Crippen molar-refractivity contribution >= 4 is 23.4 Å². The van der Waals surface area contributed by atoms with Gasteiger partial charge in [-0.3, -0.25) is 0 Å². The van der Waals surface area contributed by atoms with Gasteiger partial charge in [-0.1, -0.05) is 11.8 Å². The molecule has 0 aromatic carbocycles. The van der Waals surface area contributed by atoms with E-state index in [0.29, 0.717) is 5.88 Å². The minimum Gasteiger partial charge on any atom is -0.337 e. The first-order valence-electron chi connectivity index (χ1n) is 3.00. The summed E-state index contributed by atoms with van der Waals surface area (Å²) < 4.78 is 0. The number of hydrogen-bond acceptors (Lipinski definition) is 2. The van der Waals surface area contributed by atoms with Gasteiger partial charge >= 0.3 is 0 Å². The summed E-state index contributed by atoms with van der Waals surface area (Å²) in [6, 6.07) is 0. The van der Waals surface area contributed by atoms with E-state index in [4.69, 9.17) is 11.6 Å². The standard InChI is InChI=1S/C6H9ClN2S/c1-10-6-8-4-5(9-6)2-3-7/h4H,2-3H2,1H3,(H,8,9). The Bertz CT molecular complexity index is 199. The maximum absolute atomic E-state index is 5.53. The number of nitrogens with one attached hydrogen (secondary N) is 1. The van der Waals surface area contributed by atoms with Crippen LogP contribution in [0.1, 0.15) is 5.69 Å². The fourth-order valence-corrected chi connectivity index (χ4v) is 1.27. The minimum atomic E-state index is 0.649. The summed E-state index contributed by atoms with van der Waals surface area (Å²) in [6.07, 6.45) is 4.69. The van der Waals surface area contributed by atoms with Crippen LogP contribution in [0, 0.1) is 0 Å². The smallest absolute Gasteiger partial charge is 0.165 e. The zero-order chi connectivity index (χ0) is 7.40. The molecular formula is C6H9ClN2S. The lowest BCUT2D eigenvalue weighted by Crippen LogP contribution is -1.84. The predicted octanol–water partition coefficient (Wildman–Crippen LogP) is 1.91. The molecule has 0 saturated carbocycles. The Morgan fingerprint density at radius 1 is 1.80 bits per heavy atom. The summed E-state index contributed by atoms with van der Waals surface area (Å²) in [5.74, 6) is 0.649. The van der Waals surface area contributed by atoms with Gasteiger partial charge in [-0.25, -0.2) is 4.98 Å². The Morgan fingerprint density at radius 3 is 3.10 bits per heavy atom. The van der Waals surface area contributed by atoms with Crippen LogP contribution in [0.3, 0.4) is 0 Å². The maximum Gasteiger partial charge on any atom is 0.165 e. The molecule has 4 heteroatoms. The van der Waals surface area contributed by atoms with Crippen molar-refractivity contribution in [3.8, 4) is 0 Å². The van der Waals surface area contributed by atoms with E-state index >= 15 is 0 Å². The van der Waals surface area contributed by atoms with E-state index in [1.165, 1.54) is 0 Å². The van der Waals surface area contributed by atoms with Crippen LogP contribution in [-0.2, 0) is 6.42 Å².